The average Bonchev–Trinajstić information content (AvgIpc) is 2.98. The molecule has 8 heteroatoms. The lowest BCUT2D eigenvalue weighted by atomic mass is 10.0. The highest BCUT2D eigenvalue weighted by Gasteiger charge is 2.27. The van der Waals surface area contributed by atoms with Crippen molar-refractivity contribution in [1.82, 2.24) is 9.88 Å². The first kappa shape index (κ1) is 17.9. The first-order chi connectivity index (χ1) is 12.5. The molecule has 0 saturated carbocycles. The Hall–Kier alpha value is -2.92. The lowest BCUT2D eigenvalue weighted by Crippen LogP contribution is -2.34. The second-order valence-corrected chi connectivity index (χ2v) is 7.29. The number of carboxylic acid groups (broad SMARTS) is 1. The molecule has 26 heavy (non-hydrogen) atoms. The highest BCUT2D eigenvalue weighted by atomic mass is 32.1. The van der Waals surface area contributed by atoms with Crippen molar-refractivity contribution in [3.05, 3.63) is 46.1 Å². The summed E-state index contributed by atoms with van der Waals surface area (Å²) in [5.74, 6) is -0.229. The first-order valence-corrected chi connectivity index (χ1v) is 9.04. The molecule has 0 spiro atoms. The number of carbonyl (C=O) groups excluding carboxylic acids is 1. The van der Waals surface area contributed by atoms with Crippen LogP contribution >= 0.6 is 11.3 Å². The number of thiophene rings is 1. The molecule has 7 nitrogen and oxygen atoms in total. The molecule has 1 unspecified atom stereocenters. The van der Waals surface area contributed by atoms with Gasteiger partial charge < -0.3 is 15.3 Å². The van der Waals surface area contributed by atoms with E-state index in [2.05, 4.69) is 16.4 Å². The van der Waals surface area contributed by atoms with Gasteiger partial charge in [0.2, 0.25) is 5.91 Å². The molecule has 2 aromatic rings. The molecule has 2 amide bonds. The van der Waals surface area contributed by atoms with Crippen LogP contribution < -0.4 is 5.32 Å². The number of nitrogens with zero attached hydrogens (tertiary/aromatic N) is 3. The molecule has 2 N–H and O–H groups in total. The Bertz CT molecular complexity index is 873. The molecule has 0 aromatic carbocycles. The third-order valence-electron chi connectivity index (χ3n) is 4.38. The minimum atomic E-state index is -0.975. The second-order valence-electron chi connectivity index (χ2n) is 6.18. The van der Waals surface area contributed by atoms with Crippen LogP contribution in [0.25, 0.3) is 0 Å². The molecular formula is C18H18N4O3S. The van der Waals surface area contributed by atoms with Crippen molar-refractivity contribution >= 4 is 28.3 Å². The summed E-state index contributed by atoms with van der Waals surface area (Å²) in [7, 11) is 0. The molecule has 134 valence electrons. The number of aromatic nitrogens is 1. The quantitative estimate of drug-likeness (QED) is 0.860. The molecule has 2 aromatic heterocycles. The molecule has 0 saturated heterocycles. The average molecular weight is 370 g/mol. The van der Waals surface area contributed by atoms with Crippen molar-refractivity contribution in [2.24, 2.45) is 0 Å². The number of pyridine rings is 1. The SMILES string of the molecule is CC(CC(=O)Nc1sc2c(c1C#N)CCN(C(=O)O)C2)c1ccccn1. The van der Waals surface area contributed by atoms with Gasteiger partial charge in [-0.05, 0) is 24.1 Å². The fourth-order valence-corrected chi connectivity index (χ4v) is 4.23. The van der Waals surface area contributed by atoms with Gasteiger partial charge >= 0.3 is 6.09 Å². The minimum Gasteiger partial charge on any atom is -0.465 e. The van der Waals surface area contributed by atoms with Crippen LogP contribution in [-0.4, -0.2) is 33.5 Å². The summed E-state index contributed by atoms with van der Waals surface area (Å²) in [5.41, 5.74) is 2.14. The molecule has 1 aliphatic rings. The Morgan fingerprint density at radius 1 is 1.50 bits per heavy atom. The third-order valence-corrected chi connectivity index (χ3v) is 5.51. The molecule has 0 aliphatic carbocycles. The first-order valence-electron chi connectivity index (χ1n) is 8.23. The van der Waals surface area contributed by atoms with Crippen molar-refractivity contribution in [3.63, 3.8) is 0 Å². The lowest BCUT2D eigenvalue weighted by Gasteiger charge is -2.23. The van der Waals surface area contributed by atoms with Crippen molar-refractivity contribution in [1.29, 1.82) is 5.26 Å². The van der Waals surface area contributed by atoms with Crippen LogP contribution in [0.1, 0.15) is 41.0 Å². The van der Waals surface area contributed by atoms with Crippen molar-refractivity contribution in [3.8, 4) is 6.07 Å². The molecule has 0 fully saturated rings. The lowest BCUT2D eigenvalue weighted by molar-refractivity contribution is -0.116. The van der Waals surface area contributed by atoms with Crippen LogP contribution in [0.4, 0.5) is 9.80 Å². The summed E-state index contributed by atoms with van der Waals surface area (Å²) in [6.45, 7) is 2.54. The van der Waals surface area contributed by atoms with Crippen LogP contribution in [0.5, 0.6) is 0 Å². The number of hydrogen-bond donors (Lipinski definition) is 2. The normalized spacial score (nSPS) is 14.2. The van der Waals surface area contributed by atoms with E-state index >= 15 is 0 Å². The van der Waals surface area contributed by atoms with Crippen LogP contribution in [0, 0.1) is 11.3 Å². The summed E-state index contributed by atoms with van der Waals surface area (Å²) >= 11 is 1.28. The van der Waals surface area contributed by atoms with Gasteiger partial charge in [0.1, 0.15) is 11.1 Å². The van der Waals surface area contributed by atoms with Crippen molar-refractivity contribution < 1.29 is 14.7 Å². The predicted octanol–water partition coefficient (Wildman–Crippen LogP) is 3.18. The minimum absolute atomic E-state index is 0.0428. The van der Waals surface area contributed by atoms with E-state index in [1.54, 1.807) is 6.20 Å². The standard InChI is InChI=1S/C18H18N4O3S/c1-11(14-4-2-3-6-20-14)8-16(23)21-17-13(9-19)12-5-7-22(18(24)25)10-15(12)26-17/h2-4,6,11H,5,7-8,10H2,1H3,(H,21,23)(H,24,25). The highest BCUT2D eigenvalue weighted by molar-refractivity contribution is 7.16. The smallest absolute Gasteiger partial charge is 0.407 e. The van der Waals surface area contributed by atoms with E-state index in [1.807, 2.05) is 25.1 Å². The van der Waals surface area contributed by atoms with Gasteiger partial charge in [0.05, 0.1) is 12.1 Å². The van der Waals surface area contributed by atoms with Crippen molar-refractivity contribution in [2.45, 2.75) is 32.2 Å². The fraction of sp³-hybridized carbons (Fsp3) is 0.333. The topological polar surface area (TPSA) is 106 Å². The van der Waals surface area contributed by atoms with Crippen molar-refractivity contribution in [2.75, 3.05) is 11.9 Å². The van der Waals surface area contributed by atoms with Gasteiger partial charge in [0, 0.05) is 35.7 Å². The Morgan fingerprint density at radius 2 is 2.31 bits per heavy atom. The van der Waals surface area contributed by atoms with E-state index in [-0.39, 0.29) is 24.8 Å². The molecule has 3 rings (SSSR count). The molecule has 1 atom stereocenters. The monoisotopic (exact) mass is 370 g/mol. The van der Waals surface area contributed by atoms with E-state index in [1.165, 1.54) is 16.2 Å². The predicted molar refractivity (Wildman–Crippen MR) is 97.1 cm³/mol. The molecule has 1 aliphatic heterocycles. The van der Waals surface area contributed by atoms with Gasteiger partial charge in [-0.25, -0.2) is 4.79 Å². The number of anilines is 1. The van der Waals surface area contributed by atoms with E-state index in [4.69, 9.17) is 5.11 Å². The Labute approximate surface area is 154 Å². The van der Waals surface area contributed by atoms with Gasteiger partial charge in [-0.15, -0.1) is 11.3 Å². The van der Waals surface area contributed by atoms with Gasteiger partial charge in [0.15, 0.2) is 0 Å². The Balaban J connectivity index is 1.73. The zero-order chi connectivity index (χ0) is 18.7. The molecule has 0 bridgehead atoms. The van der Waals surface area contributed by atoms with Gasteiger partial charge in [-0.3, -0.25) is 9.78 Å². The van der Waals surface area contributed by atoms with E-state index in [0.717, 1.165) is 16.1 Å². The zero-order valence-corrected chi connectivity index (χ0v) is 15.0. The molecular weight excluding hydrogens is 352 g/mol. The van der Waals surface area contributed by atoms with Crippen LogP contribution in [-0.2, 0) is 17.8 Å². The number of amides is 2. The number of carbonyl (C=O) groups is 2. The number of nitrogens with one attached hydrogen (secondary N) is 1. The van der Waals surface area contributed by atoms with Crippen LogP contribution in [0.2, 0.25) is 0 Å². The van der Waals surface area contributed by atoms with E-state index < -0.39 is 6.09 Å². The number of nitriles is 1. The summed E-state index contributed by atoms with van der Waals surface area (Å²) in [4.78, 5) is 29.9. The molecule has 3 heterocycles. The maximum absolute atomic E-state index is 12.4. The highest BCUT2D eigenvalue weighted by Crippen LogP contribution is 2.37. The summed E-state index contributed by atoms with van der Waals surface area (Å²) in [5, 5.41) is 21.9. The largest absolute Gasteiger partial charge is 0.465 e. The maximum Gasteiger partial charge on any atom is 0.407 e. The van der Waals surface area contributed by atoms with E-state index in [0.29, 0.717) is 23.5 Å². The fourth-order valence-electron chi connectivity index (χ4n) is 3.00. The second kappa shape index (κ2) is 7.54. The zero-order valence-electron chi connectivity index (χ0n) is 14.2. The summed E-state index contributed by atoms with van der Waals surface area (Å²) in [6, 6.07) is 7.74. The number of hydrogen-bond acceptors (Lipinski definition) is 5. The van der Waals surface area contributed by atoms with Gasteiger partial charge in [-0.1, -0.05) is 13.0 Å². The third kappa shape index (κ3) is 3.68. The summed E-state index contributed by atoms with van der Waals surface area (Å²) < 4.78 is 0. The van der Waals surface area contributed by atoms with Gasteiger partial charge in [-0.2, -0.15) is 5.26 Å². The van der Waals surface area contributed by atoms with Gasteiger partial charge in [0.25, 0.3) is 0 Å². The maximum atomic E-state index is 12.4. The summed E-state index contributed by atoms with van der Waals surface area (Å²) in [6.07, 6.45) is 1.46. The van der Waals surface area contributed by atoms with Crippen LogP contribution in [0.15, 0.2) is 24.4 Å². The van der Waals surface area contributed by atoms with Crippen LogP contribution in [0.3, 0.4) is 0 Å². The Morgan fingerprint density at radius 3 is 2.96 bits per heavy atom. The Kier molecular flexibility index (Phi) is 5.19. The number of rotatable bonds is 4. The molecule has 0 radical (unpaired) electrons. The number of fused-ring (bicyclic) bond motifs is 1. The van der Waals surface area contributed by atoms with E-state index in [9.17, 15) is 14.9 Å².